The van der Waals surface area contributed by atoms with E-state index in [2.05, 4.69) is 6.92 Å². The molecule has 0 heterocycles. The van der Waals surface area contributed by atoms with Crippen molar-refractivity contribution in [1.29, 1.82) is 0 Å². The lowest BCUT2D eigenvalue weighted by molar-refractivity contribution is -0.204. The van der Waals surface area contributed by atoms with Crippen LogP contribution in [0, 0.1) is 0 Å². The zero-order valence-corrected chi connectivity index (χ0v) is 17.6. The Labute approximate surface area is 160 Å². The van der Waals surface area contributed by atoms with Crippen molar-refractivity contribution >= 4 is 11.9 Å². The van der Waals surface area contributed by atoms with Gasteiger partial charge in [0.25, 0.3) is 0 Å². The summed E-state index contributed by atoms with van der Waals surface area (Å²) in [6.07, 6.45) is 9.73. The molecule has 0 bridgehead atoms. The quantitative estimate of drug-likeness (QED) is 0.214. The standard InChI is InChI=1S/C21H40O5/c1-6-8-9-10-11-12-13-14-17-24-18(22)15-16-19(23)25-20(7-2)26-21(3,4)5/h20H,6-17H2,1-5H3. The van der Waals surface area contributed by atoms with Crippen molar-refractivity contribution in [2.45, 2.75) is 117 Å². The van der Waals surface area contributed by atoms with Crippen LogP contribution in [-0.2, 0) is 23.8 Å². The van der Waals surface area contributed by atoms with Crippen LogP contribution in [-0.4, -0.2) is 30.4 Å². The molecule has 5 heteroatoms. The van der Waals surface area contributed by atoms with Gasteiger partial charge in [-0.3, -0.25) is 9.59 Å². The van der Waals surface area contributed by atoms with Gasteiger partial charge in [-0.05, 0) is 27.2 Å². The van der Waals surface area contributed by atoms with E-state index in [1.807, 2.05) is 27.7 Å². The van der Waals surface area contributed by atoms with Gasteiger partial charge >= 0.3 is 11.9 Å². The Morgan fingerprint density at radius 3 is 1.88 bits per heavy atom. The fraction of sp³-hybridized carbons (Fsp3) is 0.905. The Morgan fingerprint density at radius 1 is 0.808 bits per heavy atom. The first-order chi connectivity index (χ1) is 12.3. The minimum atomic E-state index is -0.573. The van der Waals surface area contributed by atoms with Crippen molar-refractivity contribution in [1.82, 2.24) is 0 Å². The average molecular weight is 373 g/mol. The number of esters is 2. The van der Waals surface area contributed by atoms with Crippen LogP contribution >= 0.6 is 0 Å². The second-order valence-corrected chi connectivity index (χ2v) is 7.75. The first-order valence-electron chi connectivity index (χ1n) is 10.3. The van der Waals surface area contributed by atoms with Crippen LogP contribution in [0.5, 0.6) is 0 Å². The third-order valence-corrected chi connectivity index (χ3v) is 3.88. The van der Waals surface area contributed by atoms with Gasteiger partial charge in [0.05, 0.1) is 25.0 Å². The van der Waals surface area contributed by atoms with Gasteiger partial charge in [0, 0.05) is 6.42 Å². The zero-order valence-electron chi connectivity index (χ0n) is 17.6. The van der Waals surface area contributed by atoms with E-state index in [4.69, 9.17) is 14.2 Å². The molecule has 154 valence electrons. The average Bonchev–Trinajstić information content (AvgIpc) is 2.56. The van der Waals surface area contributed by atoms with Crippen molar-refractivity contribution in [3.63, 3.8) is 0 Å². The SMILES string of the molecule is CCCCCCCCCCOC(=O)CCC(=O)OC(CC)OC(C)(C)C. The van der Waals surface area contributed by atoms with Gasteiger partial charge in [-0.15, -0.1) is 0 Å². The first kappa shape index (κ1) is 24.9. The topological polar surface area (TPSA) is 61.8 Å². The molecule has 5 nitrogen and oxygen atoms in total. The number of ether oxygens (including phenoxy) is 3. The highest BCUT2D eigenvalue weighted by Gasteiger charge is 2.21. The van der Waals surface area contributed by atoms with Gasteiger partial charge in [-0.2, -0.15) is 0 Å². The van der Waals surface area contributed by atoms with E-state index in [1.165, 1.54) is 38.5 Å². The minimum Gasteiger partial charge on any atom is -0.466 e. The first-order valence-corrected chi connectivity index (χ1v) is 10.3. The van der Waals surface area contributed by atoms with Gasteiger partial charge < -0.3 is 14.2 Å². The van der Waals surface area contributed by atoms with Crippen LogP contribution in [0.3, 0.4) is 0 Å². The lowest BCUT2D eigenvalue weighted by Gasteiger charge is -2.26. The molecule has 0 aliphatic rings. The molecular weight excluding hydrogens is 332 g/mol. The molecule has 26 heavy (non-hydrogen) atoms. The molecule has 1 unspecified atom stereocenters. The lowest BCUT2D eigenvalue weighted by atomic mass is 10.1. The molecule has 0 saturated carbocycles. The van der Waals surface area contributed by atoms with Gasteiger partial charge in [-0.1, -0.05) is 58.8 Å². The summed E-state index contributed by atoms with van der Waals surface area (Å²) in [6, 6.07) is 0. The molecule has 0 radical (unpaired) electrons. The van der Waals surface area contributed by atoms with Crippen LogP contribution in [0.4, 0.5) is 0 Å². The molecule has 0 saturated heterocycles. The van der Waals surface area contributed by atoms with Crippen LogP contribution in [0.15, 0.2) is 0 Å². The summed E-state index contributed by atoms with van der Waals surface area (Å²) in [5, 5.41) is 0. The highest BCUT2D eigenvalue weighted by Crippen LogP contribution is 2.15. The predicted octanol–water partition coefficient (Wildman–Crippen LogP) is 5.54. The van der Waals surface area contributed by atoms with E-state index in [1.54, 1.807) is 0 Å². The molecule has 0 rings (SSSR count). The molecule has 0 aliphatic heterocycles. The normalized spacial score (nSPS) is 12.7. The molecule has 0 N–H and O–H groups in total. The van der Waals surface area contributed by atoms with E-state index in [0.717, 1.165) is 12.8 Å². The maximum Gasteiger partial charge on any atom is 0.308 e. The van der Waals surface area contributed by atoms with Crippen molar-refractivity contribution in [3.05, 3.63) is 0 Å². The second-order valence-electron chi connectivity index (χ2n) is 7.75. The largest absolute Gasteiger partial charge is 0.466 e. The van der Waals surface area contributed by atoms with Gasteiger partial charge in [0.2, 0.25) is 6.29 Å². The van der Waals surface area contributed by atoms with Crippen LogP contribution < -0.4 is 0 Å². The molecule has 0 aromatic carbocycles. The monoisotopic (exact) mass is 372 g/mol. The number of unbranched alkanes of at least 4 members (excludes halogenated alkanes) is 7. The van der Waals surface area contributed by atoms with Crippen LogP contribution in [0.1, 0.15) is 105 Å². The van der Waals surface area contributed by atoms with Crippen molar-refractivity contribution in [3.8, 4) is 0 Å². The smallest absolute Gasteiger partial charge is 0.308 e. The van der Waals surface area contributed by atoms with Gasteiger partial charge in [0.15, 0.2) is 0 Å². The third kappa shape index (κ3) is 16.4. The predicted molar refractivity (Wildman–Crippen MR) is 104 cm³/mol. The fourth-order valence-corrected chi connectivity index (χ4v) is 2.49. The summed E-state index contributed by atoms with van der Waals surface area (Å²) >= 11 is 0. The van der Waals surface area contributed by atoms with Crippen molar-refractivity contribution in [2.75, 3.05) is 6.61 Å². The Kier molecular flexibility index (Phi) is 14.4. The Bertz CT molecular complexity index is 373. The molecule has 0 aromatic heterocycles. The second kappa shape index (κ2) is 15.0. The molecule has 0 aliphatic carbocycles. The number of hydrogen-bond acceptors (Lipinski definition) is 5. The minimum absolute atomic E-state index is 0.0280. The molecule has 1 atom stereocenters. The maximum absolute atomic E-state index is 11.8. The fourth-order valence-electron chi connectivity index (χ4n) is 2.49. The van der Waals surface area contributed by atoms with E-state index in [9.17, 15) is 9.59 Å². The van der Waals surface area contributed by atoms with Crippen LogP contribution in [0.25, 0.3) is 0 Å². The summed E-state index contributed by atoms with van der Waals surface area (Å²) in [7, 11) is 0. The van der Waals surface area contributed by atoms with Crippen molar-refractivity contribution < 1.29 is 23.8 Å². The van der Waals surface area contributed by atoms with E-state index in [0.29, 0.717) is 13.0 Å². The van der Waals surface area contributed by atoms with Crippen LogP contribution in [0.2, 0.25) is 0 Å². The molecule has 0 aromatic rings. The van der Waals surface area contributed by atoms with E-state index in [-0.39, 0.29) is 24.4 Å². The Balaban J connectivity index is 3.67. The van der Waals surface area contributed by atoms with Gasteiger partial charge in [-0.25, -0.2) is 0 Å². The number of hydrogen-bond donors (Lipinski definition) is 0. The maximum atomic E-state index is 11.8. The molecule has 0 amide bonds. The number of rotatable bonds is 15. The summed E-state index contributed by atoms with van der Waals surface area (Å²) in [5.41, 5.74) is -0.379. The molecular formula is C21H40O5. The molecule has 0 fully saturated rings. The van der Waals surface area contributed by atoms with E-state index >= 15 is 0 Å². The zero-order chi connectivity index (χ0) is 19.8. The summed E-state index contributed by atoms with van der Waals surface area (Å²) in [5.74, 6) is -0.764. The Hall–Kier alpha value is -1.10. The van der Waals surface area contributed by atoms with Crippen molar-refractivity contribution in [2.24, 2.45) is 0 Å². The highest BCUT2D eigenvalue weighted by molar-refractivity contribution is 5.77. The van der Waals surface area contributed by atoms with E-state index < -0.39 is 12.3 Å². The summed E-state index contributed by atoms with van der Waals surface area (Å²) in [4.78, 5) is 23.5. The highest BCUT2D eigenvalue weighted by atomic mass is 16.7. The summed E-state index contributed by atoms with van der Waals surface area (Å²) in [6.45, 7) is 10.3. The lowest BCUT2D eigenvalue weighted by Crippen LogP contribution is -2.30. The van der Waals surface area contributed by atoms with Gasteiger partial charge in [0.1, 0.15) is 0 Å². The number of carbonyl (C=O) groups excluding carboxylic acids is 2. The third-order valence-electron chi connectivity index (χ3n) is 3.88. The Morgan fingerprint density at radius 2 is 1.35 bits per heavy atom. The molecule has 0 spiro atoms. The summed E-state index contributed by atoms with van der Waals surface area (Å²) < 4.78 is 16.1. The number of carbonyl (C=O) groups is 2.